The molecule has 4 heteroatoms. The number of hydrogen-bond donors (Lipinski definition) is 1. The standard InChI is InChI=1S/C21H18ClFN2.C5H12/c1-13-10-20(17-6-4-5-7-19(17)22)25-21(11-13)24-15(3)18-12-16(23)9-8-14(18)2;1-3-5-4-2/h4-12H,3H2,1-2H3,(H,24,25);3-5H2,1-2H3. The minimum Gasteiger partial charge on any atom is -0.340 e. The lowest BCUT2D eigenvalue weighted by molar-refractivity contribution is 0.627. The molecule has 30 heavy (non-hydrogen) atoms. The molecule has 0 aliphatic heterocycles. The third kappa shape index (κ3) is 6.70. The van der Waals surface area contributed by atoms with Gasteiger partial charge in [0, 0.05) is 21.8 Å². The van der Waals surface area contributed by atoms with Gasteiger partial charge < -0.3 is 5.32 Å². The Morgan fingerprint density at radius 2 is 1.73 bits per heavy atom. The lowest BCUT2D eigenvalue weighted by Gasteiger charge is -2.14. The normalized spacial score (nSPS) is 10.2. The Labute approximate surface area is 184 Å². The molecule has 0 saturated carbocycles. The number of benzene rings is 2. The second-order valence-corrected chi connectivity index (χ2v) is 7.72. The molecule has 1 aromatic heterocycles. The number of aryl methyl sites for hydroxylation is 2. The predicted molar refractivity (Wildman–Crippen MR) is 128 cm³/mol. The highest BCUT2D eigenvalue weighted by atomic mass is 35.5. The van der Waals surface area contributed by atoms with Crippen molar-refractivity contribution in [3.63, 3.8) is 0 Å². The summed E-state index contributed by atoms with van der Waals surface area (Å²) in [6.07, 6.45) is 4.08. The van der Waals surface area contributed by atoms with Crippen LogP contribution in [0, 0.1) is 19.7 Å². The van der Waals surface area contributed by atoms with Gasteiger partial charge in [-0.25, -0.2) is 9.37 Å². The zero-order valence-electron chi connectivity index (χ0n) is 18.2. The van der Waals surface area contributed by atoms with E-state index in [-0.39, 0.29) is 5.82 Å². The van der Waals surface area contributed by atoms with E-state index in [1.54, 1.807) is 6.07 Å². The monoisotopic (exact) mass is 424 g/mol. The number of pyridine rings is 1. The average Bonchev–Trinajstić information content (AvgIpc) is 2.70. The van der Waals surface area contributed by atoms with Crippen molar-refractivity contribution in [2.75, 3.05) is 5.32 Å². The van der Waals surface area contributed by atoms with E-state index < -0.39 is 0 Å². The summed E-state index contributed by atoms with van der Waals surface area (Å²) in [4.78, 5) is 4.63. The molecule has 0 bridgehead atoms. The van der Waals surface area contributed by atoms with E-state index in [0.717, 1.165) is 27.9 Å². The Morgan fingerprint density at radius 1 is 1.03 bits per heavy atom. The van der Waals surface area contributed by atoms with Gasteiger partial charge in [0.25, 0.3) is 0 Å². The molecule has 2 aromatic carbocycles. The molecular weight excluding hydrogens is 395 g/mol. The highest BCUT2D eigenvalue weighted by molar-refractivity contribution is 6.33. The van der Waals surface area contributed by atoms with Crippen molar-refractivity contribution in [2.24, 2.45) is 0 Å². The number of nitrogens with zero attached hydrogens (tertiary/aromatic N) is 1. The fourth-order valence-electron chi connectivity index (χ4n) is 3.03. The molecule has 0 radical (unpaired) electrons. The summed E-state index contributed by atoms with van der Waals surface area (Å²) in [5.41, 5.74) is 4.94. The first-order valence-corrected chi connectivity index (χ1v) is 10.7. The van der Waals surface area contributed by atoms with Crippen molar-refractivity contribution < 1.29 is 4.39 Å². The highest BCUT2D eigenvalue weighted by Crippen LogP contribution is 2.29. The van der Waals surface area contributed by atoms with E-state index in [9.17, 15) is 4.39 Å². The van der Waals surface area contributed by atoms with Crippen LogP contribution >= 0.6 is 11.6 Å². The van der Waals surface area contributed by atoms with Crippen LogP contribution in [0.15, 0.2) is 61.2 Å². The van der Waals surface area contributed by atoms with Gasteiger partial charge in [-0.05, 0) is 55.3 Å². The minimum atomic E-state index is -0.294. The second kappa shape index (κ2) is 11.5. The van der Waals surface area contributed by atoms with Gasteiger partial charge in [-0.15, -0.1) is 0 Å². The topological polar surface area (TPSA) is 24.9 Å². The first-order chi connectivity index (χ1) is 14.3. The van der Waals surface area contributed by atoms with Crippen molar-refractivity contribution in [1.82, 2.24) is 4.98 Å². The number of unbranched alkanes of at least 4 members (excludes halogenated alkanes) is 2. The van der Waals surface area contributed by atoms with Crippen molar-refractivity contribution in [3.8, 4) is 11.3 Å². The Balaban J connectivity index is 0.000000575. The van der Waals surface area contributed by atoms with E-state index >= 15 is 0 Å². The van der Waals surface area contributed by atoms with Gasteiger partial charge in [-0.1, -0.05) is 75.6 Å². The minimum absolute atomic E-state index is 0.294. The summed E-state index contributed by atoms with van der Waals surface area (Å²) in [5.74, 6) is 0.348. The fraction of sp³-hybridized carbons (Fsp3) is 0.269. The van der Waals surface area contributed by atoms with Gasteiger partial charge in [0.1, 0.15) is 11.6 Å². The molecule has 3 aromatic rings. The molecule has 0 aliphatic rings. The van der Waals surface area contributed by atoms with Crippen LogP contribution in [0.2, 0.25) is 5.02 Å². The number of hydrogen-bond acceptors (Lipinski definition) is 2. The smallest absolute Gasteiger partial charge is 0.131 e. The summed E-state index contributed by atoms with van der Waals surface area (Å²) in [7, 11) is 0. The Kier molecular flexibility index (Phi) is 9.07. The molecule has 1 heterocycles. The zero-order valence-corrected chi connectivity index (χ0v) is 19.0. The Morgan fingerprint density at radius 3 is 2.37 bits per heavy atom. The van der Waals surface area contributed by atoms with Crippen LogP contribution in [0.3, 0.4) is 0 Å². The highest BCUT2D eigenvalue weighted by Gasteiger charge is 2.09. The van der Waals surface area contributed by atoms with E-state index in [4.69, 9.17) is 11.6 Å². The number of anilines is 1. The molecule has 0 aliphatic carbocycles. The van der Waals surface area contributed by atoms with Crippen molar-refractivity contribution in [2.45, 2.75) is 47.0 Å². The molecule has 1 N–H and O–H groups in total. The van der Waals surface area contributed by atoms with E-state index in [1.807, 2.05) is 50.2 Å². The zero-order chi connectivity index (χ0) is 22.1. The van der Waals surface area contributed by atoms with E-state index in [0.29, 0.717) is 16.5 Å². The lowest BCUT2D eigenvalue weighted by Crippen LogP contribution is -2.03. The Hall–Kier alpha value is -2.65. The average molecular weight is 425 g/mol. The summed E-state index contributed by atoms with van der Waals surface area (Å²) < 4.78 is 13.5. The van der Waals surface area contributed by atoms with E-state index in [2.05, 4.69) is 30.7 Å². The first kappa shape index (κ1) is 23.6. The van der Waals surface area contributed by atoms with Crippen LogP contribution in [-0.4, -0.2) is 4.98 Å². The number of nitrogens with one attached hydrogen (secondary N) is 1. The van der Waals surface area contributed by atoms with Crippen molar-refractivity contribution in [1.29, 1.82) is 0 Å². The summed E-state index contributed by atoms with van der Waals surface area (Å²) >= 11 is 6.28. The summed E-state index contributed by atoms with van der Waals surface area (Å²) in [6.45, 7) is 12.4. The van der Waals surface area contributed by atoms with Gasteiger partial charge >= 0.3 is 0 Å². The molecular formula is C26H30ClFN2. The second-order valence-electron chi connectivity index (χ2n) is 7.31. The molecule has 158 valence electrons. The van der Waals surface area contributed by atoms with Crippen LogP contribution in [0.5, 0.6) is 0 Å². The molecule has 0 unspecified atom stereocenters. The number of rotatable bonds is 6. The van der Waals surface area contributed by atoms with E-state index in [1.165, 1.54) is 31.4 Å². The molecule has 0 saturated heterocycles. The summed E-state index contributed by atoms with van der Waals surface area (Å²) in [5, 5.41) is 3.83. The maximum atomic E-state index is 13.5. The largest absolute Gasteiger partial charge is 0.340 e. The third-order valence-corrected chi connectivity index (χ3v) is 4.96. The van der Waals surface area contributed by atoms with Crippen molar-refractivity contribution >= 4 is 23.1 Å². The van der Waals surface area contributed by atoms with Gasteiger partial charge in [-0.3, -0.25) is 0 Å². The molecule has 0 atom stereocenters. The third-order valence-electron chi connectivity index (χ3n) is 4.63. The molecule has 2 nitrogen and oxygen atoms in total. The van der Waals surface area contributed by atoms with Crippen LogP contribution in [-0.2, 0) is 0 Å². The Bertz CT molecular complexity index is 996. The quantitative estimate of drug-likeness (QED) is 0.429. The lowest BCUT2D eigenvalue weighted by atomic mass is 10.1. The molecule has 0 spiro atoms. The van der Waals surface area contributed by atoms with Crippen molar-refractivity contribution in [3.05, 3.63) is 88.7 Å². The van der Waals surface area contributed by atoms with Crippen LogP contribution in [0.4, 0.5) is 10.2 Å². The number of aromatic nitrogens is 1. The van der Waals surface area contributed by atoms with Gasteiger partial charge in [0.05, 0.1) is 5.69 Å². The fourth-order valence-corrected chi connectivity index (χ4v) is 3.27. The van der Waals surface area contributed by atoms with Gasteiger partial charge in [0.2, 0.25) is 0 Å². The molecule has 0 amide bonds. The SMILES string of the molecule is C=C(Nc1cc(C)cc(-c2ccccc2Cl)n1)c1cc(F)ccc1C.CCCCC. The summed E-state index contributed by atoms with van der Waals surface area (Å²) in [6, 6.07) is 16.1. The molecule has 3 rings (SSSR count). The van der Waals surface area contributed by atoms with Crippen LogP contribution in [0.1, 0.15) is 49.8 Å². The maximum Gasteiger partial charge on any atom is 0.131 e. The predicted octanol–water partition coefficient (Wildman–Crippen LogP) is 8.44. The van der Waals surface area contributed by atoms with Crippen LogP contribution < -0.4 is 5.32 Å². The maximum absolute atomic E-state index is 13.5. The first-order valence-electron chi connectivity index (χ1n) is 10.3. The van der Waals surface area contributed by atoms with Gasteiger partial charge in [0.15, 0.2) is 0 Å². The van der Waals surface area contributed by atoms with Gasteiger partial charge in [-0.2, -0.15) is 0 Å². The number of halogens is 2. The molecule has 0 fully saturated rings. The van der Waals surface area contributed by atoms with Crippen LogP contribution in [0.25, 0.3) is 17.0 Å².